The highest BCUT2D eigenvalue weighted by molar-refractivity contribution is 5.88. The lowest BCUT2D eigenvalue weighted by Gasteiger charge is -2.31. The number of amides is 1. The van der Waals surface area contributed by atoms with Gasteiger partial charge in [0, 0.05) is 18.5 Å². The van der Waals surface area contributed by atoms with Gasteiger partial charge in [-0.2, -0.15) is 0 Å². The van der Waals surface area contributed by atoms with Gasteiger partial charge in [-0.3, -0.25) is 0 Å². The molecule has 0 aliphatic carbocycles. The third kappa shape index (κ3) is 5.12. The molecule has 1 amide bonds. The molecule has 1 saturated heterocycles. The summed E-state index contributed by atoms with van der Waals surface area (Å²) in [7, 11) is 0. The zero-order valence-electron chi connectivity index (χ0n) is 15.6. The maximum absolute atomic E-state index is 12.0. The summed E-state index contributed by atoms with van der Waals surface area (Å²) in [5, 5.41) is 2.27. The van der Waals surface area contributed by atoms with Gasteiger partial charge < -0.3 is 19.1 Å². The van der Waals surface area contributed by atoms with Crippen LogP contribution in [0.25, 0.3) is 10.8 Å². The molecule has 0 aromatic heterocycles. The number of ether oxygens (including phenoxy) is 3. The molecule has 0 spiro atoms. The third-order valence-corrected chi connectivity index (χ3v) is 4.72. The van der Waals surface area contributed by atoms with Crippen molar-refractivity contribution in [1.82, 2.24) is 4.90 Å². The highest BCUT2D eigenvalue weighted by atomic mass is 16.6. The van der Waals surface area contributed by atoms with E-state index in [2.05, 4.69) is 18.2 Å². The second-order valence-electron chi connectivity index (χ2n) is 6.58. The minimum Gasteiger partial charge on any atom is -0.493 e. The zero-order valence-corrected chi connectivity index (χ0v) is 15.6. The number of piperidine rings is 1. The molecule has 0 unspecified atom stereocenters. The van der Waals surface area contributed by atoms with Crippen LogP contribution in [0.1, 0.15) is 19.8 Å². The second-order valence-corrected chi connectivity index (χ2v) is 6.58. The first kappa shape index (κ1) is 19.0. The molecule has 0 N–H and O–H groups in total. The van der Waals surface area contributed by atoms with Crippen LogP contribution in [0, 0.1) is 5.92 Å². The summed E-state index contributed by atoms with van der Waals surface area (Å²) in [6.07, 6.45) is 1.23. The first-order chi connectivity index (χ1) is 13.2. The minimum atomic E-state index is -0.524. The number of likely N-dealkylation sites (tertiary alicyclic amines) is 1. The smallest absolute Gasteiger partial charge is 0.410 e. The van der Waals surface area contributed by atoms with E-state index in [9.17, 15) is 9.59 Å². The first-order valence-corrected chi connectivity index (χ1v) is 9.35. The molecule has 0 radical (unpaired) electrons. The fourth-order valence-corrected chi connectivity index (χ4v) is 3.23. The van der Waals surface area contributed by atoms with E-state index >= 15 is 0 Å². The maximum atomic E-state index is 12.0. The van der Waals surface area contributed by atoms with E-state index in [4.69, 9.17) is 14.2 Å². The minimum absolute atomic E-state index is 0.276. The van der Waals surface area contributed by atoms with Crippen LogP contribution in [0.3, 0.4) is 0 Å². The molecule has 2 aromatic rings. The van der Waals surface area contributed by atoms with Gasteiger partial charge in [-0.15, -0.1) is 0 Å². The molecule has 6 nitrogen and oxygen atoms in total. The number of hydrogen-bond acceptors (Lipinski definition) is 5. The number of fused-ring (bicyclic) bond motifs is 1. The molecule has 2 aromatic carbocycles. The fraction of sp³-hybridized carbons (Fsp3) is 0.429. The summed E-state index contributed by atoms with van der Waals surface area (Å²) in [6.45, 7) is 3.48. The van der Waals surface area contributed by atoms with Gasteiger partial charge in [-0.05, 0) is 37.1 Å². The Bertz CT molecular complexity index is 778. The van der Waals surface area contributed by atoms with Crippen molar-refractivity contribution in [3.8, 4) is 5.75 Å². The van der Waals surface area contributed by atoms with Crippen LogP contribution in [0.5, 0.6) is 5.75 Å². The summed E-state index contributed by atoms with van der Waals surface area (Å²) in [5.41, 5.74) is 0. The predicted octanol–water partition coefficient (Wildman–Crippen LogP) is 3.63. The summed E-state index contributed by atoms with van der Waals surface area (Å²) < 4.78 is 15.8. The van der Waals surface area contributed by atoms with Crippen LogP contribution in [0.2, 0.25) is 0 Å². The summed E-state index contributed by atoms with van der Waals surface area (Å²) >= 11 is 0. The average Bonchev–Trinajstić information content (AvgIpc) is 2.71. The van der Waals surface area contributed by atoms with E-state index in [1.807, 2.05) is 24.3 Å². The Morgan fingerprint density at radius 2 is 1.78 bits per heavy atom. The van der Waals surface area contributed by atoms with Gasteiger partial charge in [-0.25, -0.2) is 9.59 Å². The molecular formula is C21H25NO5. The number of rotatable bonds is 6. The van der Waals surface area contributed by atoms with Crippen LogP contribution in [-0.4, -0.2) is 49.9 Å². The normalized spacial score (nSPS) is 14.8. The third-order valence-electron chi connectivity index (χ3n) is 4.72. The highest BCUT2D eigenvalue weighted by Crippen LogP contribution is 2.27. The number of carbonyl (C=O) groups excluding carboxylic acids is 2. The van der Waals surface area contributed by atoms with Gasteiger partial charge in [0.2, 0.25) is 0 Å². The van der Waals surface area contributed by atoms with Crippen molar-refractivity contribution >= 4 is 22.8 Å². The molecule has 0 saturated carbocycles. The topological polar surface area (TPSA) is 65.1 Å². The van der Waals surface area contributed by atoms with Crippen molar-refractivity contribution in [3.63, 3.8) is 0 Å². The lowest BCUT2D eigenvalue weighted by atomic mass is 9.98. The average molecular weight is 371 g/mol. The van der Waals surface area contributed by atoms with E-state index in [0.29, 0.717) is 25.6 Å². The largest absolute Gasteiger partial charge is 0.493 e. The molecule has 144 valence electrons. The van der Waals surface area contributed by atoms with Crippen LogP contribution in [0.4, 0.5) is 4.79 Å². The molecule has 1 aliphatic rings. The Labute approximate surface area is 159 Å². The van der Waals surface area contributed by atoms with Crippen molar-refractivity contribution < 1.29 is 23.8 Å². The number of esters is 1. The van der Waals surface area contributed by atoms with Gasteiger partial charge in [0.15, 0.2) is 6.61 Å². The standard InChI is InChI=1S/C21H25NO5/c1-2-25-20(23)15-27-21(24)22-12-10-16(11-13-22)14-26-19-9-5-7-17-6-3-4-8-18(17)19/h3-9,16H,2,10-15H2,1H3. The Hall–Kier alpha value is -2.76. The summed E-state index contributed by atoms with van der Waals surface area (Å²) in [6, 6.07) is 14.2. The van der Waals surface area contributed by atoms with E-state index in [1.165, 1.54) is 0 Å². The first-order valence-electron chi connectivity index (χ1n) is 9.35. The molecule has 1 aliphatic heterocycles. The number of hydrogen-bond donors (Lipinski definition) is 0. The molecule has 0 bridgehead atoms. The Morgan fingerprint density at radius 1 is 1.04 bits per heavy atom. The molecule has 3 rings (SSSR count). The Morgan fingerprint density at radius 3 is 2.56 bits per heavy atom. The number of benzene rings is 2. The SMILES string of the molecule is CCOC(=O)COC(=O)N1CCC(COc2cccc3ccccc23)CC1. The molecule has 1 heterocycles. The molecule has 27 heavy (non-hydrogen) atoms. The second kappa shape index (κ2) is 9.26. The fourth-order valence-electron chi connectivity index (χ4n) is 3.23. The zero-order chi connectivity index (χ0) is 19.1. The van der Waals surface area contributed by atoms with E-state index < -0.39 is 12.1 Å². The lowest BCUT2D eigenvalue weighted by molar-refractivity contribution is -0.146. The van der Waals surface area contributed by atoms with Gasteiger partial charge in [0.25, 0.3) is 0 Å². The van der Waals surface area contributed by atoms with Gasteiger partial charge in [0.1, 0.15) is 5.75 Å². The van der Waals surface area contributed by atoms with Gasteiger partial charge in [-0.1, -0.05) is 36.4 Å². The van der Waals surface area contributed by atoms with Crippen LogP contribution < -0.4 is 4.74 Å². The van der Waals surface area contributed by atoms with E-state index in [-0.39, 0.29) is 13.2 Å². The summed E-state index contributed by atoms with van der Waals surface area (Å²) in [4.78, 5) is 24.9. The lowest BCUT2D eigenvalue weighted by Crippen LogP contribution is -2.40. The molecule has 6 heteroatoms. The van der Waals surface area contributed by atoms with Gasteiger partial charge >= 0.3 is 12.1 Å². The van der Waals surface area contributed by atoms with Crippen LogP contribution in [-0.2, 0) is 14.3 Å². The van der Waals surface area contributed by atoms with E-state index in [0.717, 1.165) is 29.4 Å². The molecule has 0 atom stereocenters. The predicted molar refractivity (Wildman–Crippen MR) is 102 cm³/mol. The van der Waals surface area contributed by atoms with Crippen molar-refractivity contribution in [2.24, 2.45) is 5.92 Å². The van der Waals surface area contributed by atoms with Crippen molar-refractivity contribution in [1.29, 1.82) is 0 Å². The molecular weight excluding hydrogens is 346 g/mol. The molecule has 1 fully saturated rings. The van der Waals surface area contributed by atoms with Crippen molar-refractivity contribution in [2.75, 3.05) is 32.9 Å². The number of carbonyl (C=O) groups is 2. The van der Waals surface area contributed by atoms with Crippen molar-refractivity contribution in [3.05, 3.63) is 42.5 Å². The summed E-state index contributed by atoms with van der Waals surface area (Å²) in [5.74, 6) is 0.756. The monoisotopic (exact) mass is 371 g/mol. The van der Waals surface area contributed by atoms with Gasteiger partial charge in [0.05, 0.1) is 13.2 Å². The van der Waals surface area contributed by atoms with E-state index in [1.54, 1.807) is 11.8 Å². The van der Waals surface area contributed by atoms with Crippen LogP contribution in [0.15, 0.2) is 42.5 Å². The highest BCUT2D eigenvalue weighted by Gasteiger charge is 2.25. The quantitative estimate of drug-likeness (QED) is 0.726. The Kier molecular flexibility index (Phi) is 6.52. The Balaban J connectivity index is 1.44. The number of nitrogens with zero attached hydrogens (tertiary/aromatic N) is 1. The van der Waals surface area contributed by atoms with Crippen LogP contribution >= 0.6 is 0 Å². The van der Waals surface area contributed by atoms with Crippen molar-refractivity contribution in [2.45, 2.75) is 19.8 Å². The maximum Gasteiger partial charge on any atom is 0.410 e.